The highest BCUT2D eigenvalue weighted by Crippen LogP contribution is 2.38. The quantitative estimate of drug-likeness (QED) is 0.709. The van der Waals surface area contributed by atoms with E-state index in [0.29, 0.717) is 0 Å². The number of aryl methyl sites for hydroxylation is 1. The number of halogens is 2. The van der Waals surface area contributed by atoms with Crippen LogP contribution in [0.3, 0.4) is 0 Å². The molecule has 0 aromatic carbocycles. The molecule has 1 atom stereocenters. The highest BCUT2D eigenvalue weighted by molar-refractivity contribution is 9.10. The van der Waals surface area contributed by atoms with E-state index in [2.05, 4.69) is 43.3 Å². The van der Waals surface area contributed by atoms with Crippen molar-refractivity contribution in [1.82, 2.24) is 0 Å². The van der Waals surface area contributed by atoms with Gasteiger partial charge in [0.05, 0.1) is 0 Å². The van der Waals surface area contributed by atoms with Gasteiger partial charge in [0.1, 0.15) is 0 Å². The van der Waals surface area contributed by atoms with Crippen molar-refractivity contribution >= 4 is 43.2 Å². The Bertz CT molecular complexity index is 278. The number of hydrogen-bond donors (Lipinski definition) is 0. The Hall–Kier alpha value is 0.660. The molecule has 0 aliphatic heterocycles. The molecule has 1 heterocycles. The smallest absolute Gasteiger partial charge is 0.0285 e. The van der Waals surface area contributed by atoms with Crippen molar-refractivity contribution < 1.29 is 0 Å². The van der Waals surface area contributed by atoms with Crippen molar-refractivity contribution in [3.05, 3.63) is 20.8 Å². The topological polar surface area (TPSA) is 0 Å². The fraction of sp³-hybridized carbons (Fsp3) is 0.600. The molecule has 0 spiro atoms. The molecule has 1 aliphatic rings. The first-order valence-electron chi connectivity index (χ1n) is 4.62. The van der Waals surface area contributed by atoms with E-state index >= 15 is 0 Å². The molecule has 1 aromatic heterocycles. The van der Waals surface area contributed by atoms with Gasteiger partial charge >= 0.3 is 0 Å². The molecule has 0 N–H and O–H groups in total. The van der Waals surface area contributed by atoms with Crippen LogP contribution < -0.4 is 0 Å². The SMILES string of the molecule is Brc1csc(CCC(Br)C2CC2)c1. The highest BCUT2D eigenvalue weighted by Gasteiger charge is 2.28. The minimum atomic E-state index is 0.758. The Balaban J connectivity index is 1.78. The van der Waals surface area contributed by atoms with Crippen molar-refractivity contribution in [1.29, 1.82) is 0 Å². The van der Waals surface area contributed by atoms with Gasteiger partial charge in [0.25, 0.3) is 0 Å². The van der Waals surface area contributed by atoms with Gasteiger partial charge in [0, 0.05) is 19.6 Å². The van der Waals surface area contributed by atoms with Gasteiger partial charge in [0.2, 0.25) is 0 Å². The van der Waals surface area contributed by atoms with Crippen molar-refractivity contribution in [3.63, 3.8) is 0 Å². The third kappa shape index (κ3) is 3.07. The summed E-state index contributed by atoms with van der Waals surface area (Å²) in [5.74, 6) is 0.975. The minimum Gasteiger partial charge on any atom is -0.148 e. The predicted molar refractivity (Wildman–Crippen MR) is 65.8 cm³/mol. The summed E-state index contributed by atoms with van der Waals surface area (Å²) < 4.78 is 1.23. The van der Waals surface area contributed by atoms with Crippen LogP contribution in [0.25, 0.3) is 0 Å². The average Bonchev–Trinajstić information content (AvgIpc) is 2.87. The standard InChI is InChI=1S/C10H12Br2S/c11-8-5-9(13-6-8)3-4-10(12)7-1-2-7/h5-7,10H,1-4H2. The predicted octanol–water partition coefficient (Wildman–Crippen LogP) is 4.62. The summed E-state index contributed by atoms with van der Waals surface area (Å²) in [6.07, 6.45) is 5.38. The lowest BCUT2D eigenvalue weighted by atomic mass is 10.1. The molecule has 13 heavy (non-hydrogen) atoms. The summed E-state index contributed by atoms with van der Waals surface area (Å²) in [5.41, 5.74) is 0. The van der Waals surface area contributed by atoms with E-state index in [1.165, 1.54) is 35.0 Å². The van der Waals surface area contributed by atoms with Crippen molar-refractivity contribution in [3.8, 4) is 0 Å². The Labute approximate surface area is 100.0 Å². The fourth-order valence-corrected chi connectivity index (χ4v) is 3.69. The van der Waals surface area contributed by atoms with Gasteiger partial charge < -0.3 is 0 Å². The molecule has 0 radical (unpaired) electrons. The molecular formula is C10H12Br2S. The van der Waals surface area contributed by atoms with Gasteiger partial charge in [-0.2, -0.15) is 0 Å². The number of hydrogen-bond acceptors (Lipinski definition) is 1. The monoisotopic (exact) mass is 322 g/mol. The minimum absolute atomic E-state index is 0.758. The normalized spacial score (nSPS) is 18.9. The van der Waals surface area contributed by atoms with Gasteiger partial charge in [-0.25, -0.2) is 0 Å². The zero-order chi connectivity index (χ0) is 9.26. The molecule has 1 aromatic rings. The van der Waals surface area contributed by atoms with E-state index in [1.54, 1.807) is 0 Å². The van der Waals surface area contributed by atoms with Crippen LogP contribution in [0.5, 0.6) is 0 Å². The van der Waals surface area contributed by atoms with Gasteiger partial charge in [-0.15, -0.1) is 11.3 Å². The van der Waals surface area contributed by atoms with E-state index in [-0.39, 0.29) is 0 Å². The molecule has 0 amide bonds. The third-order valence-corrected chi connectivity index (χ3v) is 5.38. The second kappa shape index (κ2) is 4.45. The van der Waals surface area contributed by atoms with E-state index in [4.69, 9.17) is 0 Å². The molecule has 72 valence electrons. The molecule has 1 aliphatic carbocycles. The molecule has 0 bridgehead atoms. The maximum atomic E-state index is 3.76. The largest absolute Gasteiger partial charge is 0.148 e. The van der Waals surface area contributed by atoms with Crippen LogP contribution in [-0.4, -0.2) is 4.83 Å². The van der Waals surface area contributed by atoms with Crippen LogP contribution in [0.4, 0.5) is 0 Å². The Morgan fingerprint density at radius 3 is 2.85 bits per heavy atom. The lowest BCUT2D eigenvalue weighted by Crippen LogP contribution is -2.01. The van der Waals surface area contributed by atoms with Crippen LogP contribution in [0.1, 0.15) is 24.1 Å². The highest BCUT2D eigenvalue weighted by atomic mass is 79.9. The molecule has 1 fully saturated rings. The molecule has 1 unspecified atom stereocenters. The number of alkyl halides is 1. The van der Waals surface area contributed by atoms with Gasteiger partial charge in [0.15, 0.2) is 0 Å². The first kappa shape index (κ1) is 10.2. The van der Waals surface area contributed by atoms with Gasteiger partial charge in [-0.3, -0.25) is 0 Å². The zero-order valence-electron chi connectivity index (χ0n) is 7.30. The van der Waals surface area contributed by atoms with Crippen LogP contribution in [-0.2, 0) is 6.42 Å². The second-order valence-electron chi connectivity index (χ2n) is 3.62. The fourth-order valence-electron chi connectivity index (χ4n) is 1.46. The maximum Gasteiger partial charge on any atom is 0.0285 e. The van der Waals surface area contributed by atoms with E-state index in [9.17, 15) is 0 Å². The molecule has 2 rings (SSSR count). The van der Waals surface area contributed by atoms with Crippen molar-refractivity contribution in [2.24, 2.45) is 5.92 Å². The molecular weight excluding hydrogens is 312 g/mol. The van der Waals surface area contributed by atoms with Gasteiger partial charge in [-0.05, 0) is 53.6 Å². The third-order valence-electron chi connectivity index (χ3n) is 2.42. The first-order chi connectivity index (χ1) is 6.25. The lowest BCUT2D eigenvalue weighted by Gasteiger charge is -2.05. The van der Waals surface area contributed by atoms with Crippen molar-refractivity contribution in [2.45, 2.75) is 30.5 Å². The van der Waals surface area contributed by atoms with Crippen LogP contribution in [0, 0.1) is 5.92 Å². The zero-order valence-corrected chi connectivity index (χ0v) is 11.3. The lowest BCUT2D eigenvalue weighted by molar-refractivity contribution is 0.701. The summed E-state index contributed by atoms with van der Waals surface area (Å²) >= 11 is 9.10. The first-order valence-corrected chi connectivity index (χ1v) is 7.21. The second-order valence-corrected chi connectivity index (χ2v) is 6.71. The maximum absolute atomic E-state index is 3.76. The number of thiophene rings is 1. The number of rotatable bonds is 4. The average molecular weight is 324 g/mol. The van der Waals surface area contributed by atoms with Crippen molar-refractivity contribution in [2.75, 3.05) is 0 Å². The molecule has 0 saturated heterocycles. The molecule has 0 nitrogen and oxygen atoms in total. The summed E-state index contributed by atoms with van der Waals surface area (Å²) in [7, 11) is 0. The summed E-state index contributed by atoms with van der Waals surface area (Å²) in [4.78, 5) is 2.25. The summed E-state index contributed by atoms with van der Waals surface area (Å²) in [5, 5.41) is 2.16. The summed E-state index contributed by atoms with van der Waals surface area (Å²) in [6.45, 7) is 0. The molecule has 1 saturated carbocycles. The Morgan fingerprint density at radius 1 is 1.54 bits per heavy atom. The Kier molecular flexibility index (Phi) is 3.49. The van der Waals surface area contributed by atoms with Gasteiger partial charge in [-0.1, -0.05) is 15.9 Å². The van der Waals surface area contributed by atoms with E-state index in [0.717, 1.165) is 10.7 Å². The van der Waals surface area contributed by atoms with Crippen LogP contribution in [0.2, 0.25) is 0 Å². The van der Waals surface area contributed by atoms with Crippen LogP contribution >= 0.6 is 43.2 Å². The summed E-state index contributed by atoms with van der Waals surface area (Å²) in [6, 6.07) is 2.23. The molecule has 3 heteroatoms. The Morgan fingerprint density at radius 2 is 2.31 bits per heavy atom. The van der Waals surface area contributed by atoms with E-state index in [1.807, 2.05) is 11.3 Å². The van der Waals surface area contributed by atoms with E-state index < -0.39 is 0 Å². The van der Waals surface area contributed by atoms with Crippen LogP contribution in [0.15, 0.2) is 15.9 Å².